The average molecular weight is 378 g/mol. The topological polar surface area (TPSA) is 101 Å². The van der Waals surface area contributed by atoms with Crippen LogP contribution in [0.3, 0.4) is 0 Å². The van der Waals surface area contributed by atoms with Gasteiger partial charge in [-0.3, -0.25) is 4.79 Å². The third-order valence-electron chi connectivity index (χ3n) is 3.94. The summed E-state index contributed by atoms with van der Waals surface area (Å²) in [7, 11) is -3.55. The van der Waals surface area contributed by atoms with Crippen molar-refractivity contribution < 1.29 is 13.2 Å². The minimum atomic E-state index is -3.55. The minimum absolute atomic E-state index is 0. The van der Waals surface area contributed by atoms with E-state index in [4.69, 9.17) is 5.73 Å². The number of carbonyl (C=O) groups is 1. The number of carbonyl (C=O) groups excluding carboxylic acids is 1. The molecule has 0 saturated carbocycles. The Hall–Kier alpha value is -1.15. The first-order chi connectivity index (χ1) is 10.7. The summed E-state index contributed by atoms with van der Waals surface area (Å²) in [5, 5.41) is 2.96. The quantitative estimate of drug-likeness (QED) is 0.645. The molecule has 0 fully saturated rings. The third-order valence-corrected chi connectivity index (χ3v) is 5.62. The van der Waals surface area contributed by atoms with Crippen molar-refractivity contribution in [2.75, 3.05) is 6.54 Å². The van der Waals surface area contributed by atoms with Crippen molar-refractivity contribution in [3.05, 3.63) is 29.8 Å². The number of nitrogens with two attached hydrogens (primary N) is 1. The van der Waals surface area contributed by atoms with E-state index in [1.165, 1.54) is 24.3 Å². The maximum absolute atomic E-state index is 12.3. The lowest BCUT2D eigenvalue weighted by atomic mass is 9.92. The molecule has 1 aromatic carbocycles. The first kappa shape index (κ1) is 22.9. The predicted molar refractivity (Wildman–Crippen MR) is 99.0 cm³/mol. The fourth-order valence-electron chi connectivity index (χ4n) is 2.24. The van der Waals surface area contributed by atoms with Crippen LogP contribution in [-0.2, 0) is 10.0 Å². The summed E-state index contributed by atoms with van der Waals surface area (Å²) in [6, 6.07) is 5.69. The largest absolute Gasteiger partial charge is 0.345 e. The van der Waals surface area contributed by atoms with Crippen molar-refractivity contribution >= 4 is 28.3 Å². The van der Waals surface area contributed by atoms with Gasteiger partial charge in [-0.2, -0.15) is 0 Å². The highest BCUT2D eigenvalue weighted by Crippen LogP contribution is 2.16. The van der Waals surface area contributed by atoms with Crippen molar-refractivity contribution in [3.63, 3.8) is 0 Å². The van der Waals surface area contributed by atoms with Crippen LogP contribution in [0.4, 0.5) is 0 Å². The molecule has 4 N–H and O–H groups in total. The Morgan fingerprint density at radius 2 is 1.67 bits per heavy atom. The van der Waals surface area contributed by atoms with Gasteiger partial charge in [0.15, 0.2) is 0 Å². The van der Waals surface area contributed by atoms with Gasteiger partial charge >= 0.3 is 0 Å². The summed E-state index contributed by atoms with van der Waals surface area (Å²) in [6.07, 6.45) is 1.47. The van der Waals surface area contributed by atoms with Crippen LogP contribution >= 0.6 is 12.4 Å². The second-order valence-electron chi connectivity index (χ2n) is 5.95. The lowest BCUT2D eigenvalue weighted by Gasteiger charge is -2.31. The molecule has 1 aromatic rings. The predicted octanol–water partition coefficient (Wildman–Crippen LogP) is 2.04. The minimum Gasteiger partial charge on any atom is -0.345 e. The van der Waals surface area contributed by atoms with Gasteiger partial charge in [-0.1, -0.05) is 13.8 Å². The summed E-state index contributed by atoms with van der Waals surface area (Å²) >= 11 is 0. The molecular weight excluding hydrogens is 350 g/mol. The Morgan fingerprint density at radius 1 is 1.17 bits per heavy atom. The molecule has 0 heterocycles. The lowest BCUT2D eigenvalue weighted by Crippen LogP contribution is -2.52. The molecule has 0 bridgehead atoms. The molecule has 0 aliphatic rings. The van der Waals surface area contributed by atoms with E-state index in [-0.39, 0.29) is 29.3 Å². The molecule has 0 aliphatic carbocycles. The fourth-order valence-corrected chi connectivity index (χ4v) is 3.49. The Kier molecular flexibility index (Phi) is 8.91. The second kappa shape index (κ2) is 9.36. The number of hydrogen-bond donors (Lipinski definition) is 3. The van der Waals surface area contributed by atoms with Crippen LogP contribution in [-0.4, -0.2) is 32.5 Å². The molecule has 0 saturated heterocycles. The van der Waals surface area contributed by atoms with Gasteiger partial charge in [-0.15, -0.1) is 12.4 Å². The van der Waals surface area contributed by atoms with Crippen LogP contribution in [0.5, 0.6) is 0 Å². The molecule has 6 nitrogen and oxygen atoms in total. The number of rotatable bonds is 8. The zero-order valence-corrected chi connectivity index (χ0v) is 16.3. The fraction of sp³-hybridized carbons (Fsp3) is 0.562. The highest BCUT2D eigenvalue weighted by atomic mass is 35.5. The molecule has 138 valence electrons. The van der Waals surface area contributed by atoms with E-state index in [1.807, 2.05) is 13.8 Å². The van der Waals surface area contributed by atoms with E-state index in [2.05, 4.69) is 10.0 Å². The second-order valence-corrected chi connectivity index (χ2v) is 7.66. The molecule has 0 aromatic heterocycles. The summed E-state index contributed by atoms with van der Waals surface area (Å²) in [6.45, 7) is 7.81. The van der Waals surface area contributed by atoms with Crippen molar-refractivity contribution in [1.29, 1.82) is 0 Å². The van der Waals surface area contributed by atoms with Crippen molar-refractivity contribution in [2.45, 2.75) is 57.0 Å². The van der Waals surface area contributed by atoms with Crippen LogP contribution < -0.4 is 15.8 Å². The lowest BCUT2D eigenvalue weighted by molar-refractivity contribution is 0.0895. The van der Waals surface area contributed by atoms with Crippen LogP contribution in [0.15, 0.2) is 29.2 Å². The van der Waals surface area contributed by atoms with E-state index in [1.54, 1.807) is 13.8 Å². The van der Waals surface area contributed by atoms with Crippen molar-refractivity contribution in [1.82, 2.24) is 10.0 Å². The van der Waals surface area contributed by atoms with E-state index >= 15 is 0 Å². The Morgan fingerprint density at radius 3 is 2.04 bits per heavy atom. The van der Waals surface area contributed by atoms with Crippen LogP contribution in [0.2, 0.25) is 0 Å². The zero-order chi connectivity index (χ0) is 17.7. The molecule has 1 rings (SSSR count). The Bertz CT molecular complexity index is 618. The Balaban J connectivity index is 0.00000529. The van der Waals surface area contributed by atoms with Gasteiger partial charge in [0.05, 0.1) is 10.4 Å². The van der Waals surface area contributed by atoms with Crippen LogP contribution in [0.1, 0.15) is 50.9 Å². The van der Waals surface area contributed by atoms with Gasteiger partial charge < -0.3 is 11.1 Å². The first-order valence-corrected chi connectivity index (χ1v) is 9.33. The average Bonchev–Trinajstić information content (AvgIpc) is 2.51. The van der Waals surface area contributed by atoms with Crippen molar-refractivity contribution in [2.24, 2.45) is 5.73 Å². The molecular formula is C16H28ClN3O3S. The molecule has 8 heteroatoms. The molecule has 24 heavy (non-hydrogen) atoms. The summed E-state index contributed by atoms with van der Waals surface area (Å²) < 4.78 is 26.6. The van der Waals surface area contributed by atoms with Crippen molar-refractivity contribution in [3.8, 4) is 0 Å². The summed E-state index contributed by atoms with van der Waals surface area (Å²) in [4.78, 5) is 12.5. The molecule has 0 spiro atoms. The molecule has 0 aliphatic heterocycles. The SMILES string of the molecule is CCC(CC)(CN)NC(=O)c1ccc(S(=O)(=O)NC(C)C)cc1.Cl. The van der Waals surface area contributed by atoms with E-state index in [9.17, 15) is 13.2 Å². The maximum Gasteiger partial charge on any atom is 0.251 e. The highest BCUT2D eigenvalue weighted by Gasteiger charge is 2.27. The van der Waals surface area contributed by atoms with Gasteiger partial charge in [0.2, 0.25) is 10.0 Å². The van der Waals surface area contributed by atoms with Crippen LogP contribution in [0, 0.1) is 0 Å². The molecule has 0 unspecified atom stereocenters. The van der Waals surface area contributed by atoms with E-state index < -0.39 is 15.6 Å². The summed E-state index contributed by atoms with van der Waals surface area (Å²) in [5.41, 5.74) is 5.76. The smallest absolute Gasteiger partial charge is 0.251 e. The number of nitrogens with one attached hydrogen (secondary N) is 2. The number of benzene rings is 1. The normalized spacial score (nSPS) is 11.9. The maximum atomic E-state index is 12.3. The standard InChI is InChI=1S/C16H27N3O3S.ClH/c1-5-16(6-2,11-17)18-15(20)13-7-9-14(10-8-13)23(21,22)19-12(3)4;/h7-10,12,19H,5-6,11,17H2,1-4H3,(H,18,20);1H. The van der Waals surface area contributed by atoms with Gasteiger partial charge in [0, 0.05) is 18.2 Å². The van der Waals surface area contributed by atoms with Crippen LogP contribution in [0.25, 0.3) is 0 Å². The third kappa shape index (κ3) is 5.73. The van der Waals surface area contributed by atoms with E-state index in [0.29, 0.717) is 12.1 Å². The first-order valence-electron chi connectivity index (χ1n) is 7.84. The number of sulfonamides is 1. The van der Waals surface area contributed by atoms with Gasteiger partial charge in [0.25, 0.3) is 5.91 Å². The zero-order valence-electron chi connectivity index (χ0n) is 14.6. The Labute approximate surface area is 151 Å². The number of hydrogen-bond acceptors (Lipinski definition) is 4. The van der Waals surface area contributed by atoms with Gasteiger partial charge in [-0.25, -0.2) is 13.1 Å². The summed E-state index contributed by atoms with van der Waals surface area (Å²) in [5.74, 6) is -0.250. The number of halogens is 1. The molecule has 0 radical (unpaired) electrons. The monoisotopic (exact) mass is 377 g/mol. The van der Waals surface area contributed by atoms with Gasteiger partial charge in [-0.05, 0) is 51.0 Å². The van der Waals surface area contributed by atoms with E-state index in [0.717, 1.165) is 12.8 Å². The molecule has 0 atom stereocenters. The highest BCUT2D eigenvalue weighted by molar-refractivity contribution is 7.89. The molecule has 1 amide bonds. The van der Waals surface area contributed by atoms with Gasteiger partial charge in [0.1, 0.15) is 0 Å². The number of amides is 1.